The van der Waals surface area contributed by atoms with Gasteiger partial charge < -0.3 is 5.32 Å². The van der Waals surface area contributed by atoms with Crippen LogP contribution < -0.4 is 5.32 Å². The van der Waals surface area contributed by atoms with E-state index in [2.05, 4.69) is 26.6 Å². The number of hydrogen-bond donors (Lipinski definition) is 1. The van der Waals surface area contributed by atoms with Crippen LogP contribution in [0.3, 0.4) is 0 Å². The molecule has 0 spiro atoms. The lowest BCUT2D eigenvalue weighted by atomic mass is 10.0. The van der Waals surface area contributed by atoms with Gasteiger partial charge in [-0.1, -0.05) is 6.07 Å². The number of nitrogens with one attached hydrogen (secondary N) is 1. The van der Waals surface area contributed by atoms with Crippen molar-refractivity contribution in [3.05, 3.63) is 70.9 Å². The van der Waals surface area contributed by atoms with Gasteiger partial charge in [0.2, 0.25) is 0 Å². The van der Waals surface area contributed by atoms with Gasteiger partial charge in [-0.15, -0.1) is 0 Å². The third-order valence-electron chi connectivity index (χ3n) is 5.80. The predicted molar refractivity (Wildman–Crippen MR) is 123 cm³/mol. The van der Waals surface area contributed by atoms with Crippen LogP contribution in [-0.2, 0) is 19.8 Å². The fourth-order valence-electron chi connectivity index (χ4n) is 4.24. The van der Waals surface area contributed by atoms with Crippen molar-refractivity contribution in [1.29, 1.82) is 0 Å². The Morgan fingerprint density at radius 3 is 2.53 bits per heavy atom. The number of halogens is 3. The maximum absolute atomic E-state index is 13.0. The summed E-state index contributed by atoms with van der Waals surface area (Å²) in [6.07, 6.45) is -3.32. The van der Waals surface area contributed by atoms with Crippen LogP contribution in [0.5, 0.6) is 0 Å². The van der Waals surface area contributed by atoms with Crippen molar-refractivity contribution >= 4 is 22.4 Å². The van der Waals surface area contributed by atoms with Gasteiger partial charge in [0.05, 0.1) is 16.9 Å². The van der Waals surface area contributed by atoms with Gasteiger partial charge in [-0.25, -0.2) is 4.98 Å². The summed E-state index contributed by atoms with van der Waals surface area (Å²) in [5, 5.41) is 13.4. The number of pyridine rings is 1. The first-order valence-electron chi connectivity index (χ1n) is 10.7. The summed E-state index contributed by atoms with van der Waals surface area (Å²) in [5.41, 5.74) is 5.64. The quantitative estimate of drug-likeness (QED) is 0.393. The molecule has 0 saturated heterocycles. The summed E-state index contributed by atoms with van der Waals surface area (Å²) < 4.78 is 42.6. The Hall–Kier alpha value is -3.95. The normalized spacial score (nSPS) is 12.1. The fraction of sp³-hybridized carbons (Fsp3) is 0.250. The maximum Gasteiger partial charge on any atom is 0.433 e. The smallest absolute Gasteiger partial charge is 0.366 e. The number of alkyl halides is 3. The molecule has 0 atom stereocenters. The van der Waals surface area contributed by atoms with Gasteiger partial charge in [0.25, 0.3) is 0 Å². The van der Waals surface area contributed by atoms with Crippen molar-refractivity contribution in [2.75, 3.05) is 5.32 Å². The average molecular weight is 465 g/mol. The van der Waals surface area contributed by atoms with Crippen LogP contribution in [0.25, 0.3) is 27.7 Å². The third kappa shape index (κ3) is 3.74. The minimum Gasteiger partial charge on any atom is -0.366 e. The first-order valence-corrected chi connectivity index (χ1v) is 10.7. The molecule has 0 aliphatic heterocycles. The molecule has 4 aromatic heterocycles. The lowest BCUT2D eigenvalue weighted by molar-refractivity contribution is -0.141. The molecule has 7 nitrogen and oxygen atoms in total. The summed E-state index contributed by atoms with van der Waals surface area (Å²) in [5.74, 6) is 0.640. The lowest BCUT2D eigenvalue weighted by Crippen LogP contribution is -2.10. The fourth-order valence-corrected chi connectivity index (χ4v) is 4.24. The SMILES string of the molecule is Cc1cc(NCc2ccnc(C(F)(F)F)c2)n2nc(C)c(-c3ccc4c(c3)c(C)nn4C)c2n1. The Bertz CT molecular complexity index is 1550. The van der Waals surface area contributed by atoms with Crippen LogP contribution >= 0.6 is 0 Å². The maximum atomic E-state index is 13.0. The highest BCUT2D eigenvalue weighted by atomic mass is 19.4. The van der Waals surface area contributed by atoms with E-state index in [-0.39, 0.29) is 6.54 Å². The molecule has 5 rings (SSSR count). The van der Waals surface area contributed by atoms with Crippen LogP contribution in [0, 0.1) is 20.8 Å². The summed E-state index contributed by atoms with van der Waals surface area (Å²) in [6.45, 7) is 5.95. The van der Waals surface area contributed by atoms with E-state index in [1.807, 2.05) is 50.7 Å². The van der Waals surface area contributed by atoms with E-state index in [4.69, 9.17) is 4.98 Å². The monoisotopic (exact) mass is 465 g/mol. The Morgan fingerprint density at radius 2 is 1.76 bits per heavy atom. The minimum atomic E-state index is -4.49. The first kappa shape index (κ1) is 21.9. The highest BCUT2D eigenvalue weighted by molar-refractivity contribution is 5.90. The number of nitrogens with zero attached hydrogens (tertiary/aromatic N) is 6. The van der Waals surface area contributed by atoms with Gasteiger partial charge >= 0.3 is 6.18 Å². The summed E-state index contributed by atoms with van der Waals surface area (Å²) >= 11 is 0. The van der Waals surface area contributed by atoms with Gasteiger partial charge in [0.1, 0.15) is 11.5 Å². The first-order chi connectivity index (χ1) is 16.1. The van der Waals surface area contributed by atoms with E-state index in [0.717, 1.165) is 45.2 Å². The molecule has 4 heterocycles. The Kier molecular flexibility index (Phi) is 5.03. The molecule has 5 aromatic rings. The molecule has 34 heavy (non-hydrogen) atoms. The molecule has 174 valence electrons. The van der Waals surface area contributed by atoms with Crippen molar-refractivity contribution in [1.82, 2.24) is 29.4 Å². The number of aromatic nitrogens is 6. The molecule has 1 N–H and O–H groups in total. The van der Waals surface area contributed by atoms with Gasteiger partial charge in [0, 0.05) is 42.5 Å². The number of fused-ring (bicyclic) bond motifs is 2. The number of hydrogen-bond acceptors (Lipinski definition) is 5. The Balaban J connectivity index is 1.55. The van der Waals surface area contributed by atoms with E-state index in [1.54, 1.807) is 10.6 Å². The molecule has 0 saturated carbocycles. The summed E-state index contributed by atoms with van der Waals surface area (Å²) in [6, 6.07) is 10.6. The largest absolute Gasteiger partial charge is 0.433 e. The number of anilines is 1. The van der Waals surface area contributed by atoms with E-state index in [0.29, 0.717) is 17.0 Å². The molecule has 0 unspecified atom stereocenters. The van der Waals surface area contributed by atoms with Crippen molar-refractivity contribution in [3.8, 4) is 11.1 Å². The molecule has 0 fully saturated rings. The van der Waals surface area contributed by atoms with Gasteiger partial charge in [-0.2, -0.15) is 27.9 Å². The number of aryl methyl sites for hydroxylation is 4. The zero-order chi connectivity index (χ0) is 24.2. The molecule has 0 bridgehead atoms. The molecule has 10 heteroatoms. The zero-order valence-electron chi connectivity index (χ0n) is 19.1. The number of rotatable bonds is 4. The van der Waals surface area contributed by atoms with Crippen LogP contribution in [0.1, 0.15) is 28.3 Å². The second kappa shape index (κ2) is 7.82. The molecular formula is C24H22F3N7. The third-order valence-corrected chi connectivity index (χ3v) is 5.80. The molecule has 0 aliphatic rings. The lowest BCUT2D eigenvalue weighted by Gasteiger charge is -2.11. The second-order valence-electron chi connectivity index (χ2n) is 8.32. The molecule has 0 radical (unpaired) electrons. The molecule has 0 aliphatic carbocycles. The standard InChI is InChI=1S/C24H22F3N7/c1-13-9-21(29-12-16-7-8-28-20(10-16)24(25,26)27)34-23(30-13)22(15(3)32-34)17-5-6-19-18(11-17)14(2)31-33(19)4/h5-11,29H,12H2,1-4H3. The number of benzene rings is 1. The van der Waals surface area contributed by atoms with Gasteiger partial charge in [-0.3, -0.25) is 9.67 Å². The van der Waals surface area contributed by atoms with Crippen molar-refractivity contribution < 1.29 is 13.2 Å². The molecular weight excluding hydrogens is 443 g/mol. The highest BCUT2D eigenvalue weighted by Gasteiger charge is 2.32. The Labute approximate surface area is 193 Å². The zero-order valence-corrected chi connectivity index (χ0v) is 19.1. The van der Waals surface area contributed by atoms with Crippen molar-refractivity contribution in [2.24, 2.45) is 7.05 Å². The van der Waals surface area contributed by atoms with Crippen molar-refractivity contribution in [2.45, 2.75) is 33.5 Å². The predicted octanol–water partition coefficient (Wildman–Crippen LogP) is 5.23. The minimum absolute atomic E-state index is 0.180. The topological polar surface area (TPSA) is 72.9 Å². The van der Waals surface area contributed by atoms with E-state index >= 15 is 0 Å². The Morgan fingerprint density at radius 1 is 0.971 bits per heavy atom. The van der Waals surface area contributed by atoms with Crippen LogP contribution in [0.4, 0.5) is 19.0 Å². The summed E-state index contributed by atoms with van der Waals surface area (Å²) in [7, 11) is 1.92. The van der Waals surface area contributed by atoms with Gasteiger partial charge in [0.15, 0.2) is 5.65 Å². The second-order valence-corrected chi connectivity index (χ2v) is 8.32. The van der Waals surface area contributed by atoms with Crippen LogP contribution in [0.15, 0.2) is 42.6 Å². The van der Waals surface area contributed by atoms with Crippen LogP contribution in [-0.4, -0.2) is 29.4 Å². The summed E-state index contributed by atoms with van der Waals surface area (Å²) in [4.78, 5) is 8.14. The molecule has 1 aromatic carbocycles. The van der Waals surface area contributed by atoms with E-state index < -0.39 is 11.9 Å². The van der Waals surface area contributed by atoms with Gasteiger partial charge in [-0.05, 0) is 56.2 Å². The van der Waals surface area contributed by atoms with Crippen molar-refractivity contribution in [3.63, 3.8) is 0 Å². The average Bonchev–Trinajstić information content (AvgIpc) is 3.26. The van der Waals surface area contributed by atoms with E-state index in [1.165, 1.54) is 6.20 Å². The van der Waals surface area contributed by atoms with Crippen LogP contribution in [0.2, 0.25) is 0 Å². The van der Waals surface area contributed by atoms with E-state index in [9.17, 15) is 13.2 Å². The highest BCUT2D eigenvalue weighted by Crippen LogP contribution is 2.32. The molecule has 0 amide bonds.